The Morgan fingerprint density at radius 2 is 2.11 bits per heavy atom. The normalized spacial score (nSPS) is 16.8. The summed E-state index contributed by atoms with van der Waals surface area (Å²) in [5.74, 6) is 2.72. The molecule has 1 unspecified atom stereocenters. The van der Waals surface area contributed by atoms with Crippen molar-refractivity contribution in [3.8, 4) is 0 Å². The number of aryl methyl sites for hydroxylation is 1. The fraction of sp³-hybridized carbons (Fsp3) is 0.833. The first-order chi connectivity index (χ1) is 12.7. The van der Waals surface area contributed by atoms with Crippen molar-refractivity contribution in [1.29, 1.82) is 0 Å². The first kappa shape index (κ1) is 24.1. The van der Waals surface area contributed by atoms with E-state index in [1.54, 1.807) is 7.11 Å². The van der Waals surface area contributed by atoms with E-state index >= 15 is 0 Å². The Kier molecular flexibility index (Phi) is 11.8. The Morgan fingerprint density at radius 1 is 1.33 bits per heavy atom. The van der Waals surface area contributed by atoms with Crippen molar-refractivity contribution in [1.82, 2.24) is 30.3 Å². The summed E-state index contributed by atoms with van der Waals surface area (Å²) < 4.78 is 7.13. The number of guanidine groups is 1. The Labute approximate surface area is 180 Å². The summed E-state index contributed by atoms with van der Waals surface area (Å²) in [7, 11) is 1.67. The second-order valence-corrected chi connectivity index (χ2v) is 6.58. The molecular formula is C18H36IN7O. The van der Waals surface area contributed by atoms with Crippen LogP contribution < -0.4 is 10.6 Å². The molecule has 2 heterocycles. The number of fused-ring (bicyclic) bond motifs is 1. The number of ether oxygens (including phenoxy) is 1. The fourth-order valence-electron chi connectivity index (χ4n) is 3.21. The maximum atomic E-state index is 5.13. The highest BCUT2D eigenvalue weighted by Gasteiger charge is 2.22. The van der Waals surface area contributed by atoms with E-state index in [9.17, 15) is 0 Å². The molecule has 0 bridgehead atoms. The van der Waals surface area contributed by atoms with Crippen LogP contribution in [0.5, 0.6) is 0 Å². The largest absolute Gasteiger partial charge is 0.377 e. The SMILES string of the molecule is CCNC(=NCCCN(CC)CC)NC1CCc2nc(COC)nn2C1.I. The molecule has 8 nitrogen and oxygen atoms in total. The molecule has 2 rings (SSSR count). The van der Waals surface area contributed by atoms with Crippen molar-refractivity contribution in [2.75, 3.05) is 39.8 Å². The lowest BCUT2D eigenvalue weighted by atomic mass is 10.1. The molecule has 0 aliphatic carbocycles. The van der Waals surface area contributed by atoms with Crippen LogP contribution in [0.4, 0.5) is 0 Å². The third-order valence-corrected chi connectivity index (χ3v) is 4.66. The van der Waals surface area contributed by atoms with E-state index in [0.717, 1.165) is 76.1 Å². The van der Waals surface area contributed by atoms with Gasteiger partial charge < -0.3 is 20.3 Å². The highest BCUT2D eigenvalue weighted by atomic mass is 127. The van der Waals surface area contributed by atoms with Gasteiger partial charge >= 0.3 is 0 Å². The summed E-state index contributed by atoms with van der Waals surface area (Å²) in [5.41, 5.74) is 0. The molecule has 0 aromatic carbocycles. The zero-order chi connectivity index (χ0) is 18.8. The minimum Gasteiger partial charge on any atom is -0.377 e. The average molecular weight is 493 g/mol. The zero-order valence-corrected chi connectivity index (χ0v) is 19.5. The molecule has 156 valence electrons. The summed E-state index contributed by atoms with van der Waals surface area (Å²) in [4.78, 5) is 11.7. The number of nitrogens with zero attached hydrogens (tertiary/aromatic N) is 5. The lowest BCUT2D eigenvalue weighted by Gasteiger charge is -2.25. The van der Waals surface area contributed by atoms with E-state index in [2.05, 4.69) is 46.4 Å². The minimum atomic E-state index is 0. The van der Waals surface area contributed by atoms with Gasteiger partial charge in [0.15, 0.2) is 11.8 Å². The van der Waals surface area contributed by atoms with Gasteiger partial charge in [-0.15, -0.1) is 24.0 Å². The second kappa shape index (κ2) is 13.3. The van der Waals surface area contributed by atoms with Crippen LogP contribution in [0.25, 0.3) is 0 Å². The Morgan fingerprint density at radius 3 is 2.78 bits per heavy atom. The number of rotatable bonds is 10. The van der Waals surface area contributed by atoms with Crippen molar-refractivity contribution < 1.29 is 4.74 Å². The van der Waals surface area contributed by atoms with Gasteiger partial charge in [0.2, 0.25) is 0 Å². The van der Waals surface area contributed by atoms with E-state index in [1.807, 2.05) is 4.68 Å². The number of methoxy groups -OCH3 is 1. The molecule has 1 atom stereocenters. The molecule has 0 fully saturated rings. The lowest BCUT2D eigenvalue weighted by molar-refractivity contribution is 0.177. The number of aliphatic imine (C=N–C) groups is 1. The third-order valence-electron chi connectivity index (χ3n) is 4.66. The molecule has 0 amide bonds. The van der Waals surface area contributed by atoms with E-state index in [0.29, 0.717) is 12.6 Å². The highest BCUT2D eigenvalue weighted by molar-refractivity contribution is 14.0. The van der Waals surface area contributed by atoms with E-state index in [1.165, 1.54) is 0 Å². The van der Waals surface area contributed by atoms with E-state index < -0.39 is 0 Å². The van der Waals surface area contributed by atoms with Gasteiger partial charge in [-0.1, -0.05) is 13.8 Å². The number of halogens is 1. The number of hydrogen-bond acceptors (Lipinski definition) is 5. The van der Waals surface area contributed by atoms with Gasteiger partial charge in [0.05, 0.1) is 6.54 Å². The van der Waals surface area contributed by atoms with Gasteiger partial charge in [0, 0.05) is 32.7 Å². The first-order valence-corrected chi connectivity index (χ1v) is 9.88. The standard InChI is InChI=1S/C18H35N7O.HI/c1-5-19-18(20-11-8-12-24(6-2)7-3)21-15-9-10-17-22-16(14-26-4)23-25(17)13-15;/h15H,5-14H2,1-4H3,(H2,19,20,21);1H. The zero-order valence-electron chi connectivity index (χ0n) is 17.2. The van der Waals surface area contributed by atoms with Gasteiger partial charge in [-0.2, -0.15) is 5.10 Å². The van der Waals surface area contributed by atoms with Gasteiger partial charge in [-0.3, -0.25) is 4.99 Å². The predicted octanol–water partition coefficient (Wildman–Crippen LogP) is 1.64. The van der Waals surface area contributed by atoms with E-state index in [-0.39, 0.29) is 24.0 Å². The maximum Gasteiger partial charge on any atom is 0.191 e. The summed E-state index contributed by atoms with van der Waals surface area (Å²) in [6.45, 7) is 12.8. The van der Waals surface area contributed by atoms with Crippen LogP contribution in [0, 0.1) is 0 Å². The predicted molar refractivity (Wildman–Crippen MR) is 120 cm³/mol. The summed E-state index contributed by atoms with van der Waals surface area (Å²) in [6, 6.07) is 0.320. The van der Waals surface area contributed by atoms with Crippen LogP contribution in [0.1, 0.15) is 45.3 Å². The van der Waals surface area contributed by atoms with Crippen LogP contribution in [-0.4, -0.2) is 71.5 Å². The van der Waals surface area contributed by atoms with Crippen molar-refractivity contribution in [3.05, 3.63) is 11.6 Å². The van der Waals surface area contributed by atoms with Crippen molar-refractivity contribution in [2.45, 2.75) is 59.2 Å². The Bertz CT molecular complexity index is 560. The maximum absolute atomic E-state index is 5.13. The Hall–Kier alpha value is -0.940. The first-order valence-electron chi connectivity index (χ1n) is 9.88. The third kappa shape index (κ3) is 7.90. The van der Waals surface area contributed by atoms with Crippen LogP contribution in [0.3, 0.4) is 0 Å². The van der Waals surface area contributed by atoms with Crippen LogP contribution in [0.2, 0.25) is 0 Å². The fourth-order valence-corrected chi connectivity index (χ4v) is 3.21. The quantitative estimate of drug-likeness (QED) is 0.223. The van der Waals surface area contributed by atoms with E-state index in [4.69, 9.17) is 9.73 Å². The smallest absolute Gasteiger partial charge is 0.191 e. The van der Waals surface area contributed by atoms with Crippen LogP contribution in [0.15, 0.2) is 4.99 Å². The van der Waals surface area contributed by atoms with Crippen molar-refractivity contribution >= 4 is 29.9 Å². The molecule has 2 N–H and O–H groups in total. The molecule has 1 aromatic rings. The lowest BCUT2D eigenvalue weighted by Crippen LogP contribution is -2.47. The molecule has 9 heteroatoms. The molecule has 0 spiro atoms. The topological polar surface area (TPSA) is 79.6 Å². The second-order valence-electron chi connectivity index (χ2n) is 6.58. The monoisotopic (exact) mass is 493 g/mol. The summed E-state index contributed by atoms with van der Waals surface area (Å²) in [6.07, 6.45) is 3.04. The van der Waals surface area contributed by atoms with Gasteiger partial charge in [-0.05, 0) is 39.4 Å². The summed E-state index contributed by atoms with van der Waals surface area (Å²) >= 11 is 0. The van der Waals surface area contributed by atoms with Crippen molar-refractivity contribution in [2.24, 2.45) is 4.99 Å². The molecule has 0 saturated carbocycles. The molecule has 0 saturated heterocycles. The summed E-state index contributed by atoms with van der Waals surface area (Å²) in [5, 5.41) is 11.4. The van der Waals surface area contributed by atoms with Gasteiger partial charge in [-0.25, -0.2) is 9.67 Å². The highest BCUT2D eigenvalue weighted by Crippen LogP contribution is 2.13. The number of hydrogen-bond donors (Lipinski definition) is 2. The average Bonchev–Trinajstić information content (AvgIpc) is 3.04. The van der Waals surface area contributed by atoms with Crippen LogP contribution >= 0.6 is 24.0 Å². The number of aromatic nitrogens is 3. The van der Waals surface area contributed by atoms with Gasteiger partial charge in [0.25, 0.3) is 0 Å². The molecule has 1 aliphatic heterocycles. The molecule has 1 aromatic heterocycles. The number of nitrogens with one attached hydrogen (secondary N) is 2. The Balaban J connectivity index is 0.00000364. The molecule has 1 aliphatic rings. The van der Waals surface area contributed by atoms with Crippen molar-refractivity contribution in [3.63, 3.8) is 0 Å². The molecule has 0 radical (unpaired) electrons. The minimum absolute atomic E-state index is 0. The molecule has 27 heavy (non-hydrogen) atoms. The van der Waals surface area contributed by atoms with Gasteiger partial charge in [0.1, 0.15) is 12.4 Å². The molecular weight excluding hydrogens is 457 g/mol. The van der Waals surface area contributed by atoms with Crippen LogP contribution in [-0.2, 0) is 24.3 Å².